The molecular weight excluding hydrogens is 410 g/mol. The number of hydrogen-bond acceptors (Lipinski definition) is 5. The van der Waals surface area contributed by atoms with E-state index in [9.17, 15) is 8.42 Å². The first kappa shape index (κ1) is 20.8. The molecule has 7 heteroatoms. The molecule has 6 nitrogen and oxygen atoms in total. The molecule has 3 heterocycles. The van der Waals surface area contributed by atoms with Crippen molar-refractivity contribution in [2.45, 2.75) is 49.1 Å². The SMILES string of the molecule is COC1CCN(c2cccc(S(=O)(=O)n3ccc(C4=CCC(N5CCC5)CC4)c3)c2)C1. The predicted octanol–water partition coefficient (Wildman–Crippen LogP) is 3.59. The monoisotopic (exact) mass is 441 g/mol. The minimum atomic E-state index is -3.62. The van der Waals surface area contributed by atoms with Crippen molar-refractivity contribution in [3.05, 3.63) is 54.4 Å². The van der Waals surface area contributed by atoms with Gasteiger partial charge in [-0.05, 0) is 80.6 Å². The number of methoxy groups -OCH3 is 1. The fourth-order valence-electron chi connectivity index (χ4n) is 4.95. The largest absolute Gasteiger partial charge is 0.380 e. The lowest BCUT2D eigenvalue weighted by atomic mass is 9.90. The lowest BCUT2D eigenvalue weighted by molar-refractivity contribution is 0.111. The zero-order valence-electron chi connectivity index (χ0n) is 18.1. The summed E-state index contributed by atoms with van der Waals surface area (Å²) in [4.78, 5) is 5.07. The second-order valence-electron chi connectivity index (χ2n) is 8.87. The summed E-state index contributed by atoms with van der Waals surface area (Å²) in [6, 6.07) is 9.85. The molecule has 5 rings (SSSR count). The Morgan fingerprint density at radius 3 is 2.65 bits per heavy atom. The van der Waals surface area contributed by atoms with Gasteiger partial charge in [-0.1, -0.05) is 12.1 Å². The van der Waals surface area contributed by atoms with Crippen LogP contribution in [-0.2, 0) is 14.8 Å². The van der Waals surface area contributed by atoms with Gasteiger partial charge in [0.05, 0.1) is 11.0 Å². The predicted molar refractivity (Wildman–Crippen MR) is 123 cm³/mol. The molecule has 0 amide bonds. The van der Waals surface area contributed by atoms with Crippen LogP contribution in [0, 0.1) is 0 Å². The van der Waals surface area contributed by atoms with Crippen molar-refractivity contribution in [2.24, 2.45) is 0 Å². The first-order valence-electron chi connectivity index (χ1n) is 11.3. The molecule has 2 aliphatic heterocycles. The molecule has 2 fully saturated rings. The van der Waals surface area contributed by atoms with Crippen molar-refractivity contribution in [1.29, 1.82) is 0 Å². The van der Waals surface area contributed by atoms with Crippen molar-refractivity contribution >= 4 is 21.3 Å². The first-order valence-corrected chi connectivity index (χ1v) is 12.7. The summed E-state index contributed by atoms with van der Waals surface area (Å²) >= 11 is 0. The highest BCUT2D eigenvalue weighted by molar-refractivity contribution is 7.90. The summed E-state index contributed by atoms with van der Waals surface area (Å²) in [5.74, 6) is 0. The summed E-state index contributed by atoms with van der Waals surface area (Å²) < 4.78 is 33.4. The number of benzene rings is 1. The zero-order valence-corrected chi connectivity index (χ0v) is 18.9. The molecule has 0 bridgehead atoms. The molecule has 1 aromatic carbocycles. The molecule has 0 saturated carbocycles. The van der Waals surface area contributed by atoms with Crippen LogP contribution in [0.5, 0.6) is 0 Å². The molecule has 31 heavy (non-hydrogen) atoms. The maximum Gasteiger partial charge on any atom is 0.267 e. The standard InChI is InChI=1S/C24H31N3O3S/c1-30-23-11-14-26(18-23)22-4-2-5-24(16-22)31(28,29)27-15-10-20(17-27)19-6-8-21(9-7-19)25-12-3-13-25/h2,4-6,10,15-17,21,23H,3,7-9,11-14,18H2,1H3. The summed E-state index contributed by atoms with van der Waals surface area (Å²) in [6.07, 6.45) is 11.5. The average molecular weight is 442 g/mol. The van der Waals surface area contributed by atoms with Gasteiger partial charge in [-0.25, -0.2) is 12.4 Å². The number of rotatable bonds is 6. The van der Waals surface area contributed by atoms with Crippen LogP contribution in [0.25, 0.3) is 5.57 Å². The van der Waals surface area contributed by atoms with Crippen LogP contribution in [-0.4, -0.2) is 62.7 Å². The van der Waals surface area contributed by atoms with Crippen molar-refractivity contribution in [3.8, 4) is 0 Å². The Balaban J connectivity index is 1.33. The van der Waals surface area contributed by atoms with E-state index in [2.05, 4.69) is 15.9 Å². The Hall–Kier alpha value is -2.09. The Labute approximate surface area is 185 Å². The van der Waals surface area contributed by atoms with Gasteiger partial charge in [0.2, 0.25) is 0 Å². The van der Waals surface area contributed by atoms with Crippen LogP contribution in [0.2, 0.25) is 0 Å². The van der Waals surface area contributed by atoms with E-state index in [1.54, 1.807) is 31.6 Å². The van der Waals surface area contributed by atoms with Crippen LogP contribution >= 0.6 is 0 Å². The minimum absolute atomic E-state index is 0.205. The molecule has 2 aromatic rings. The summed E-state index contributed by atoms with van der Waals surface area (Å²) in [6.45, 7) is 4.12. The number of anilines is 1. The van der Waals surface area contributed by atoms with Gasteiger partial charge in [-0.3, -0.25) is 4.90 Å². The van der Waals surface area contributed by atoms with Crippen LogP contribution in [0.1, 0.15) is 37.7 Å². The van der Waals surface area contributed by atoms with E-state index in [0.717, 1.165) is 50.0 Å². The van der Waals surface area contributed by atoms with E-state index >= 15 is 0 Å². The quantitative estimate of drug-likeness (QED) is 0.686. The van der Waals surface area contributed by atoms with Gasteiger partial charge in [0, 0.05) is 44.3 Å². The fourth-order valence-corrected chi connectivity index (χ4v) is 6.19. The van der Waals surface area contributed by atoms with Gasteiger partial charge >= 0.3 is 0 Å². The Morgan fingerprint density at radius 1 is 1.10 bits per heavy atom. The Kier molecular flexibility index (Phi) is 5.67. The number of likely N-dealkylation sites (tertiary alicyclic amines) is 1. The van der Waals surface area contributed by atoms with Gasteiger partial charge in [0.1, 0.15) is 0 Å². The molecule has 0 radical (unpaired) electrons. The highest BCUT2D eigenvalue weighted by atomic mass is 32.2. The molecule has 2 unspecified atom stereocenters. The average Bonchev–Trinajstić information content (AvgIpc) is 3.43. The van der Waals surface area contributed by atoms with Crippen molar-refractivity contribution in [1.82, 2.24) is 8.87 Å². The van der Waals surface area contributed by atoms with E-state index < -0.39 is 10.0 Å². The number of allylic oxidation sites excluding steroid dienone is 1. The number of hydrogen-bond donors (Lipinski definition) is 0. The molecule has 3 aliphatic rings. The zero-order chi connectivity index (χ0) is 21.4. The van der Waals surface area contributed by atoms with Crippen LogP contribution in [0.4, 0.5) is 5.69 Å². The highest BCUT2D eigenvalue weighted by Crippen LogP contribution is 2.32. The van der Waals surface area contributed by atoms with E-state index in [1.807, 2.05) is 18.2 Å². The molecule has 1 aliphatic carbocycles. The molecular formula is C24H31N3O3S. The van der Waals surface area contributed by atoms with E-state index in [4.69, 9.17) is 4.74 Å². The van der Waals surface area contributed by atoms with E-state index in [1.165, 1.54) is 29.1 Å². The number of aromatic nitrogens is 1. The summed E-state index contributed by atoms with van der Waals surface area (Å²) in [7, 11) is -1.90. The van der Waals surface area contributed by atoms with Crippen LogP contribution in [0.3, 0.4) is 0 Å². The molecule has 1 aromatic heterocycles. The topological polar surface area (TPSA) is 54.8 Å². The molecule has 0 spiro atoms. The number of ether oxygens (including phenoxy) is 1. The van der Waals surface area contributed by atoms with Crippen molar-refractivity contribution in [2.75, 3.05) is 38.2 Å². The second kappa shape index (κ2) is 8.45. The van der Waals surface area contributed by atoms with Gasteiger partial charge in [0.15, 0.2) is 0 Å². The van der Waals surface area contributed by atoms with Gasteiger partial charge in [-0.15, -0.1) is 0 Å². The third-order valence-electron chi connectivity index (χ3n) is 7.06. The lowest BCUT2D eigenvalue weighted by Crippen LogP contribution is -2.45. The summed E-state index contributed by atoms with van der Waals surface area (Å²) in [5.41, 5.74) is 3.21. The van der Waals surface area contributed by atoms with Crippen molar-refractivity contribution < 1.29 is 13.2 Å². The van der Waals surface area contributed by atoms with E-state index in [-0.39, 0.29) is 6.10 Å². The summed E-state index contributed by atoms with van der Waals surface area (Å²) in [5, 5.41) is 0. The van der Waals surface area contributed by atoms with E-state index in [0.29, 0.717) is 10.9 Å². The normalized spacial score (nSPS) is 24.8. The first-order chi connectivity index (χ1) is 15.0. The maximum atomic E-state index is 13.3. The van der Waals surface area contributed by atoms with Crippen molar-refractivity contribution in [3.63, 3.8) is 0 Å². The highest BCUT2D eigenvalue weighted by Gasteiger charge is 2.27. The second-order valence-corrected chi connectivity index (χ2v) is 10.7. The molecule has 0 N–H and O–H groups in total. The van der Waals surface area contributed by atoms with Crippen LogP contribution < -0.4 is 4.90 Å². The third kappa shape index (κ3) is 4.06. The number of nitrogens with zero attached hydrogens (tertiary/aromatic N) is 3. The smallest absolute Gasteiger partial charge is 0.267 e. The lowest BCUT2D eigenvalue weighted by Gasteiger charge is -2.39. The Bertz CT molecular complexity index is 1070. The third-order valence-corrected chi connectivity index (χ3v) is 8.70. The maximum absolute atomic E-state index is 13.3. The van der Waals surface area contributed by atoms with Crippen LogP contribution in [0.15, 0.2) is 53.7 Å². The minimum Gasteiger partial charge on any atom is -0.380 e. The molecule has 166 valence electrons. The van der Waals surface area contributed by atoms with Gasteiger partial charge in [-0.2, -0.15) is 0 Å². The fraction of sp³-hybridized carbons (Fsp3) is 0.500. The van der Waals surface area contributed by atoms with Gasteiger partial charge in [0.25, 0.3) is 10.0 Å². The Morgan fingerprint density at radius 2 is 1.97 bits per heavy atom. The van der Waals surface area contributed by atoms with Gasteiger partial charge < -0.3 is 9.64 Å². The molecule has 2 atom stereocenters. The molecule has 2 saturated heterocycles.